The van der Waals surface area contributed by atoms with Crippen LogP contribution in [0.3, 0.4) is 0 Å². The van der Waals surface area contributed by atoms with Crippen LogP contribution in [-0.2, 0) is 9.84 Å². The molecule has 1 unspecified atom stereocenters. The smallest absolute Gasteiger partial charge is 0.154 e. The first-order chi connectivity index (χ1) is 6.97. The maximum atomic E-state index is 11.7. The minimum absolute atomic E-state index is 0.266. The zero-order valence-electron chi connectivity index (χ0n) is 10.4. The Morgan fingerprint density at radius 1 is 1.13 bits per heavy atom. The van der Waals surface area contributed by atoms with E-state index in [1.807, 2.05) is 6.92 Å². The molecule has 0 rings (SSSR count). The van der Waals surface area contributed by atoms with Crippen LogP contribution in [0, 0.1) is 0 Å². The molecule has 0 aliphatic carbocycles. The second-order valence-corrected chi connectivity index (χ2v) is 6.64. The van der Waals surface area contributed by atoms with E-state index in [0.29, 0.717) is 24.8 Å². The highest BCUT2D eigenvalue weighted by molar-refractivity contribution is 7.92. The Labute approximate surface area is 94.6 Å². The molecule has 0 heterocycles. The predicted molar refractivity (Wildman–Crippen MR) is 65.9 cm³/mol. The third kappa shape index (κ3) is 5.52. The van der Waals surface area contributed by atoms with E-state index in [1.165, 1.54) is 0 Å². The summed E-state index contributed by atoms with van der Waals surface area (Å²) in [5, 5.41) is 3.04. The van der Waals surface area contributed by atoms with Crippen molar-refractivity contribution in [2.75, 3.05) is 12.3 Å². The van der Waals surface area contributed by atoms with Crippen molar-refractivity contribution in [1.29, 1.82) is 0 Å². The van der Waals surface area contributed by atoms with E-state index in [9.17, 15) is 8.42 Å². The molecule has 0 aromatic heterocycles. The Hall–Kier alpha value is -0.0900. The fraction of sp³-hybridized carbons (Fsp3) is 1.00. The molecule has 0 aliphatic heterocycles. The molecular weight excluding hydrogens is 210 g/mol. The Bertz CT molecular complexity index is 245. The largest absolute Gasteiger partial charge is 0.313 e. The van der Waals surface area contributed by atoms with Gasteiger partial charge in [0.25, 0.3) is 0 Å². The van der Waals surface area contributed by atoms with Gasteiger partial charge in [0.15, 0.2) is 9.84 Å². The normalized spacial score (nSPS) is 14.5. The van der Waals surface area contributed by atoms with Crippen LogP contribution < -0.4 is 5.32 Å². The van der Waals surface area contributed by atoms with E-state index >= 15 is 0 Å². The van der Waals surface area contributed by atoms with Crippen molar-refractivity contribution >= 4 is 9.84 Å². The molecule has 0 bridgehead atoms. The average molecular weight is 235 g/mol. The van der Waals surface area contributed by atoms with Crippen molar-refractivity contribution in [2.24, 2.45) is 0 Å². The molecule has 0 spiro atoms. The van der Waals surface area contributed by atoms with Crippen LogP contribution in [0.25, 0.3) is 0 Å². The minimum atomic E-state index is -2.88. The summed E-state index contributed by atoms with van der Waals surface area (Å²) < 4.78 is 23.4. The van der Waals surface area contributed by atoms with Gasteiger partial charge in [-0.1, -0.05) is 20.8 Å². The molecule has 0 saturated carbocycles. The molecule has 4 heteroatoms. The Morgan fingerprint density at radius 3 is 2.07 bits per heavy atom. The number of rotatable bonds is 8. The van der Waals surface area contributed by atoms with Crippen LogP contribution in [0.4, 0.5) is 0 Å². The van der Waals surface area contributed by atoms with Crippen LogP contribution in [0.2, 0.25) is 0 Å². The zero-order chi connectivity index (χ0) is 11.9. The molecule has 0 fully saturated rings. The summed E-state index contributed by atoms with van der Waals surface area (Å²) in [6, 6.07) is 0.448. The summed E-state index contributed by atoms with van der Waals surface area (Å²) in [6.07, 6.45) is 2.81. The van der Waals surface area contributed by atoms with Gasteiger partial charge in [0.1, 0.15) is 0 Å². The van der Waals surface area contributed by atoms with Crippen LogP contribution >= 0.6 is 0 Å². The maximum Gasteiger partial charge on any atom is 0.154 e. The number of hydrogen-bond donors (Lipinski definition) is 1. The summed E-state index contributed by atoms with van der Waals surface area (Å²) in [5.74, 6) is 0.304. The Balaban J connectivity index is 4.08. The zero-order valence-corrected chi connectivity index (χ0v) is 11.2. The topological polar surface area (TPSA) is 46.2 Å². The first-order valence-corrected chi connectivity index (χ1v) is 7.64. The van der Waals surface area contributed by atoms with Gasteiger partial charge in [-0.05, 0) is 26.2 Å². The first kappa shape index (κ1) is 14.9. The van der Waals surface area contributed by atoms with E-state index in [1.54, 1.807) is 6.92 Å². The Kier molecular flexibility index (Phi) is 7.18. The highest BCUT2D eigenvalue weighted by Crippen LogP contribution is 2.04. The molecule has 15 heavy (non-hydrogen) atoms. The number of hydrogen-bond acceptors (Lipinski definition) is 3. The maximum absolute atomic E-state index is 11.7. The molecular formula is C11H25NO2S. The molecule has 0 radical (unpaired) electrons. The van der Waals surface area contributed by atoms with Gasteiger partial charge in [-0.2, -0.15) is 0 Å². The molecule has 0 aromatic carbocycles. The molecule has 92 valence electrons. The fourth-order valence-corrected chi connectivity index (χ4v) is 2.84. The van der Waals surface area contributed by atoms with Crippen LogP contribution in [0.15, 0.2) is 0 Å². The average Bonchev–Trinajstić information content (AvgIpc) is 2.19. The van der Waals surface area contributed by atoms with Gasteiger partial charge in [-0.15, -0.1) is 0 Å². The molecule has 0 aliphatic rings. The van der Waals surface area contributed by atoms with Gasteiger partial charge in [0.05, 0.1) is 11.0 Å². The lowest BCUT2D eigenvalue weighted by Crippen LogP contribution is -2.37. The summed E-state index contributed by atoms with van der Waals surface area (Å²) >= 11 is 0. The van der Waals surface area contributed by atoms with Gasteiger partial charge in [-0.25, -0.2) is 8.42 Å². The summed E-state index contributed by atoms with van der Waals surface area (Å²) in [5.41, 5.74) is 0. The second-order valence-electron chi connectivity index (χ2n) is 4.10. The third-order valence-corrected chi connectivity index (χ3v) is 5.15. The van der Waals surface area contributed by atoms with Crippen molar-refractivity contribution in [1.82, 2.24) is 5.32 Å². The van der Waals surface area contributed by atoms with Gasteiger partial charge >= 0.3 is 0 Å². The van der Waals surface area contributed by atoms with E-state index in [-0.39, 0.29) is 5.25 Å². The first-order valence-electron chi connectivity index (χ1n) is 5.92. The molecule has 3 nitrogen and oxygen atoms in total. The van der Waals surface area contributed by atoms with E-state index in [0.717, 1.165) is 12.8 Å². The summed E-state index contributed by atoms with van der Waals surface area (Å²) in [4.78, 5) is 0. The third-order valence-electron chi connectivity index (χ3n) is 2.78. The molecule has 0 saturated heterocycles. The van der Waals surface area contributed by atoms with E-state index < -0.39 is 9.84 Å². The second kappa shape index (κ2) is 7.23. The van der Waals surface area contributed by atoms with Crippen molar-refractivity contribution in [3.8, 4) is 0 Å². The van der Waals surface area contributed by atoms with E-state index in [4.69, 9.17) is 0 Å². The summed E-state index contributed by atoms with van der Waals surface area (Å²) in [7, 11) is -2.88. The van der Waals surface area contributed by atoms with Crippen LogP contribution in [-0.4, -0.2) is 32.0 Å². The lowest BCUT2D eigenvalue weighted by atomic mass is 10.2. The standard InChI is InChI=1S/C11H25NO2S/c1-5-8-15(13,14)10(4)9-12-11(6-2)7-3/h10-12H,5-9H2,1-4H3. The van der Waals surface area contributed by atoms with Crippen molar-refractivity contribution < 1.29 is 8.42 Å². The molecule has 1 atom stereocenters. The van der Waals surface area contributed by atoms with Crippen LogP contribution in [0.1, 0.15) is 47.0 Å². The predicted octanol–water partition coefficient (Wildman–Crippen LogP) is 1.98. The van der Waals surface area contributed by atoms with E-state index in [2.05, 4.69) is 19.2 Å². The molecule has 1 N–H and O–H groups in total. The number of nitrogens with one attached hydrogen (secondary N) is 1. The van der Waals surface area contributed by atoms with Gasteiger partial charge in [0, 0.05) is 12.6 Å². The van der Waals surface area contributed by atoms with Gasteiger partial charge < -0.3 is 5.32 Å². The highest BCUT2D eigenvalue weighted by Gasteiger charge is 2.19. The van der Waals surface area contributed by atoms with Crippen molar-refractivity contribution in [3.05, 3.63) is 0 Å². The highest BCUT2D eigenvalue weighted by atomic mass is 32.2. The monoisotopic (exact) mass is 235 g/mol. The minimum Gasteiger partial charge on any atom is -0.313 e. The Morgan fingerprint density at radius 2 is 1.67 bits per heavy atom. The van der Waals surface area contributed by atoms with Crippen molar-refractivity contribution in [3.63, 3.8) is 0 Å². The van der Waals surface area contributed by atoms with Gasteiger partial charge in [0.2, 0.25) is 0 Å². The summed E-state index contributed by atoms with van der Waals surface area (Å²) in [6.45, 7) is 8.51. The van der Waals surface area contributed by atoms with Gasteiger partial charge in [-0.3, -0.25) is 0 Å². The van der Waals surface area contributed by atoms with Crippen LogP contribution in [0.5, 0.6) is 0 Å². The number of sulfone groups is 1. The SMILES string of the molecule is CCCS(=O)(=O)C(C)CNC(CC)CC. The lowest BCUT2D eigenvalue weighted by Gasteiger charge is -2.18. The fourth-order valence-electron chi connectivity index (χ4n) is 1.52. The quantitative estimate of drug-likeness (QED) is 0.700. The molecule has 0 amide bonds. The lowest BCUT2D eigenvalue weighted by molar-refractivity contribution is 0.480. The van der Waals surface area contributed by atoms with Crippen molar-refractivity contribution in [2.45, 2.75) is 58.2 Å². The molecule has 0 aromatic rings.